The number of ether oxygens (including phenoxy) is 2. The molecule has 1 aromatic carbocycles. The molecule has 1 aliphatic heterocycles. The van der Waals surface area contributed by atoms with Crippen molar-refractivity contribution in [1.29, 1.82) is 0 Å². The highest BCUT2D eigenvalue weighted by Crippen LogP contribution is 2.42. The largest absolute Gasteiger partial charge is 0.506 e. The van der Waals surface area contributed by atoms with E-state index < -0.39 is 0 Å². The molecule has 0 atom stereocenters. The van der Waals surface area contributed by atoms with Crippen molar-refractivity contribution >= 4 is 15.9 Å². The predicted octanol–water partition coefficient (Wildman–Crippen LogP) is 1.62. The predicted molar refractivity (Wildman–Crippen MR) is 81.9 cm³/mol. The molecular weight excluding hydrogens is 324 g/mol. The average Bonchev–Trinajstić information content (AvgIpc) is 2.49. The molecule has 0 amide bonds. The first-order valence-electron chi connectivity index (χ1n) is 6.72. The normalized spacial score (nSPS) is 16.1. The Kier molecular flexibility index (Phi) is 5.51. The molecule has 0 radical (unpaired) electrons. The van der Waals surface area contributed by atoms with Gasteiger partial charge in [0, 0.05) is 44.4 Å². The van der Waals surface area contributed by atoms with Crippen LogP contribution < -0.4 is 14.8 Å². The zero-order chi connectivity index (χ0) is 14.5. The van der Waals surface area contributed by atoms with Crippen LogP contribution in [-0.2, 0) is 6.42 Å². The van der Waals surface area contributed by atoms with Crippen molar-refractivity contribution in [2.75, 3.05) is 46.9 Å². The number of nitrogens with zero attached hydrogens (tertiary/aromatic N) is 1. The highest BCUT2D eigenvalue weighted by molar-refractivity contribution is 9.10. The molecule has 0 aromatic heterocycles. The molecule has 1 aromatic rings. The first-order valence-corrected chi connectivity index (χ1v) is 7.52. The van der Waals surface area contributed by atoms with Gasteiger partial charge in [0.05, 0.1) is 18.7 Å². The van der Waals surface area contributed by atoms with Crippen LogP contribution in [0.5, 0.6) is 17.2 Å². The number of benzene rings is 1. The molecule has 20 heavy (non-hydrogen) atoms. The Hall–Kier alpha value is -0.980. The van der Waals surface area contributed by atoms with Crippen LogP contribution in [0.25, 0.3) is 0 Å². The summed E-state index contributed by atoms with van der Waals surface area (Å²) >= 11 is 3.36. The number of methoxy groups -OCH3 is 2. The lowest BCUT2D eigenvalue weighted by molar-refractivity contribution is 0.241. The van der Waals surface area contributed by atoms with Crippen LogP contribution >= 0.6 is 15.9 Å². The number of hydrogen-bond acceptors (Lipinski definition) is 5. The van der Waals surface area contributed by atoms with Gasteiger partial charge >= 0.3 is 0 Å². The van der Waals surface area contributed by atoms with Crippen LogP contribution in [0.15, 0.2) is 10.5 Å². The lowest BCUT2D eigenvalue weighted by atomic mass is 10.1. The minimum absolute atomic E-state index is 0.234. The second-order valence-corrected chi connectivity index (χ2v) is 5.62. The van der Waals surface area contributed by atoms with Crippen molar-refractivity contribution in [3.05, 3.63) is 16.1 Å². The molecule has 2 N–H and O–H groups in total. The summed E-state index contributed by atoms with van der Waals surface area (Å²) in [5.74, 6) is 1.48. The molecule has 0 aliphatic carbocycles. The molecule has 0 saturated carbocycles. The molecule has 112 valence electrons. The van der Waals surface area contributed by atoms with Crippen molar-refractivity contribution in [1.82, 2.24) is 10.2 Å². The summed E-state index contributed by atoms with van der Waals surface area (Å²) < 4.78 is 11.4. The molecule has 2 rings (SSSR count). The van der Waals surface area contributed by atoms with E-state index in [1.807, 2.05) is 0 Å². The maximum Gasteiger partial charge on any atom is 0.167 e. The van der Waals surface area contributed by atoms with Gasteiger partial charge in [0.1, 0.15) is 5.75 Å². The molecule has 1 saturated heterocycles. The van der Waals surface area contributed by atoms with Crippen LogP contribution in [0.1, 0.15) is 5.56 Å². The van der Waals surface area contributed by atoms with Gasteiger partial charge in [-0.1, -0.05) is 0 Å². The lowest BCUT2D eigenvalue weighted by Crippen LogP contribution is -2.44. The number of aromatic hydroxyl groups is 1. The second-order valence-electron chi connectivity index (χ2n) is 4.76. The third kappa shape index (κ3) is 3.37. The molecule has 1 aliphatic rings. The fourth-order valence-corrected chi connectivity index (χ4v) is 2.91. The highest BCUT2D eigenvalue weighted by atomic mass is 79.9. The van der Waals surface area contributed by atoms with Gasteiger partial charge in [-0.15, -0.1) is 0 Å². The molecule has 5 nitrogen and oxygen atoms in total. The van der Waals surface area contributed by atoms with Gasteiger partial charge < -0.3 is 24.8 Å². The zero-order valence-corrected chi connectivity index (χ0v) is 13.5. The van der Waals surface area contributed by atoms with Gasteiger partial charge in [-0.3, -0.25) is 0 Å². The van der Waals surface area contributed by atoms with Gasteiger partial charge in [0.2, 0.25) is 0 Å². The van der Waals surface area contributed by atoms with E-state index in [1.165, 1.54) is 0 Å². The Bertz CT molecular complexity index is 462. The third-order valence-corrected chi connectivity index (χ3v) is 4.18. The van der Waals surface area contributed by atoms with Gasteiger partial charge in [-0.25, -0.2) is 0 Å². The van der Waals surface area contributed by atoms with Gasteiger partial charge in [0.15, 0.2) is 11.5 Å². The molecule has 0 unspecified atom stereocenters. The zero-order valence-electron chi connectivity index (χ0n) is 11.9. The van der Waals surface area contributed by atoms with Crippen molar-refractivity contribution in [3.63, 3.8) is 0 Å². The van der Waals surface area contributed by atoms with Crippen LogP contribution in [0.2, 0.25) is 0 Å². The van der Waals surface area contributed by atoms with E-state index in [0.29, 0.717) is 16.0 Å². The maximum absolute atomic E-state index is 10.2. The topological polar surface area (TPSA) is 54.0 Å². The quantitative estimate of drug-likeness (QED) is 0.850. The van der Waals surface area contributed by atoms with Crippen molar-refractivity contribution in [2.45, 2.75) is 6.42 Å². The third-order valence-electron chi connectivity index (χ3n) is 3.58. The Labute approximate surface area is 128 Å². The maximum atomic E-state index is 10.2. The smallest absolute Gasteiger partial charge is 0.167 e. The summed E-state index contributed by atoms with van der Waals surface area (Å²) in [6.45, 7) is 5.00. The van der Waals surface area contributed by atoms with E-state index >= 15 is 0 Å². The van der Waals surface area contributed by atoms with Gasteiger partial charge in [0.25, 0.3) is 0 Å². The Morgan fingerprint density at radius 3 is 2.60 bits per heavy atom. The summed E-state index contributed by atoms with van der Waals surface area (Å²) in [7, 11) is 3.20. The second kappa shape index (κ2) is 7.15. The minimum atomic E-state index is 0.234. The fraction of sp³-hybridized carbons (Fsp3) is 0.571. The molecule has 0 bridgehead atoms. The van der Waals surface area contributed by atoms with Crippen molar-refractivity contribution in [2.24, 2.45) is 0 Å². The monoisotopic (exact) mass is 344 g/mol. The Morgan fingerprint density at radius 2 is 2.00 bits per heavy atom. The first-order chi connectivity index (χ1) is 9.67. The number of phenolic OH excluding ortho intramolecular Hbond substituents is 1. The van der Waals surface area contributed by atoms with E-state index in [4.69, 9.17) is 9.47 Å². The Morgan fingerprint density at radius 1 is 1.30 bits per heavy atom. The fourth-order valence-electron chi connectivity index (χ4n) is 2.46. The molecular formula is C14H21BrN2O3. The first kappa shape index (κ1) is 15.4. The van der Waals surface area contributed by atoms with Crippen molar-refractivity contribution in [3.8, 4) is 17.2 Å². The van der Waals surface area contributed by atoms with Gasteiger partial charge in [-0.2, -0.15) is 0 Å². The SMILES string of the molecule is COc1cc(Br)c(O)c(CCN2CCNCC2)c1OC. The van der Waals surface area contributed by atoms with E-state index in [1.54, 1.807) is 20.3 Å². The number of phenols is 1. The van der Waals surface area contributed by atoms with Crippen LogP contribution in [0.3, 0.4) is 0 Å². The van der Waals surface area contributed by atoms with Crippen LogP contribution in [0, 0.1) is 0 Å². The lowest BCUT2D eigenvalue weighted by Gasteiger charge is -2.27. The number of halogens is 1. The molecule has 0 spiro atoms. The number of rotatable bonds is 5. The van der Waals surface area contributed by atoms with E-state index in [-0.39, 0.29) is 5.75 Å². The Balaban J connectivity index is 2.18. The van der Waals surface area contributed by atoms with Gasteiger partial charge in [-0.05, 0) is 22.4 Å². The van der Waals surface area contributed by atoms with E-state index in [2.05, 4.69) is 26.1 Å². The molecule has 6 heteroatoms. The number of hydrogen-bond donors (Lipinski definition) is 2. The molecule has 1 heterocycles. The summed E-state index contributed by atoms with van der Waals surface area (Å²) in [6.07, 6.45) is 0.727. The van der Waals surface area contributed by atoms with Crippen LogP contribution in [0.4, 0.5) is 0 Å². The number of nitrogens with one attached hydrogen (secondary N) is 1. The summed E-state index contributed by atoms with van der Waals surface area (Å²) in [6, 6.07) is 1.72. The highest BCUT2D eigenvalue weighted by Gasteiger charge is 2.19. The standard InChI is InChI=1S/C14H21BrN2O3/c1-19-12-9-11(15)13(18)10(14(12)20-2)3-6-17-7-4-16-5-8-17/h9,16,18H,3-8H2,1-2H3. The summed E-state index contributed by atoms with van der Waals surface area (Å²) in [4.78, 5) is 2.38. The average molecular weight is 345 g/mol. The summed E-state index contributed by atoms with van der Waals surface area (Å²) in [5.41, 5.74) is 0.789. The van der Waals surface area contributed by atoms with Crippen molar-refractivity contribution < 1.29 is 14.6 Å². The number of piperazine rings is 1. The minimum Gasteiger partial charge on any atom is -0.506 e. The van der Waals surface area contributed by atoms with Crippen LogP contribution in [-0.4, -0.2) is 56.9 Å². The summed E-state index contributed by atoms with van der Waals surface area (Å²) in [5, 5.41) is 13.6. The van der Waals surface area contributed by atoms with E-state index in [0.717, 1.165) is 44.7 Å². The van der Waals surface area contributed by atoms with E-state index in [9.17, 15) is 5.11 Å². The molecule has 1 fully saturated rings.